The van der Waals surface area contributed by atoms with Crippen LogP contribution in [0.4, 0.5) is 0 Å². The largest absolute Gasteiger partial charge is 0.123 e. The number of aryl methyl sites for hydroxylation is 2. The molecule has 0 aliphatic heterocycles. The number of rotatable bonds is 6. The summed E-state index contributed by atoms with van der Waals surface area (Å²) in [6.07, 6.45) is 5.98. The second-order valence-corrected chi connectivity index (χ2v) is 5.33. The Bertz CT molecular complexity index is 317. The van der Waals surface area contributed by atoms with Gasteiger partial charge in [0.1, 0.15) is 0 Å². The zero-order chi connectivity index (χ0) is 12.0. The molecular weight excluding hydrogens is 216 g/mol. The fourth-order valence-electron chi connectivity index (χ4n) is 1.90. The van der Waals surface area contributed by atoms with Crippen molar-refractivity contribution in [2.24, 2.45) is 0 Å². The van der Waals surface area contributed by atoms with Crippen LogP contribution in [0.15, 0.2) is 18.2 Å². The average molecular weight is 239 g/mol. The summed E-state index contributed by atoms with van der Waals surface area (Å²) in [4.78, 5) is 0. The van der Waals surface area contributed by atoms with Crippen molar-refractivity contribution >= 4 is 11.6 Å². The summed E-state index contributed by atoms with van der Waals surface area (Å²) < 4.78 is 0. The van der Waals surface area contributed by atoms with Gasteiger partial charge in [0.25, 0.3) is 0 Å². The molecule has 0 aliphatic carbocycles. The fraction of sp³-hybridized carbons (Fsp3) is 0.600. The zero-order valence-corrected chi connectivity index (χ0v) is 11.5. The van der Waals surface area contributed by atoms with E-state index < -0.39 is 0 Å². The molecule has 1 rings (SSSR count). The zero-order valence-electron chi connectivity index (χ0n) is 10.7. The highest BCUT2D eigenvalue weighted by Gasteiger charge is 2.06. The van der Waals surface area contributed by atoms with Gasteiger partial charge in [0.15, 0.2) is 0 Å². The highest BCUT2D eigenvalue weighted by Crippen LogP contribution is 2.17. The van der Waals surface area contributed by atoms with Gasteiger partial charge in [0.2, 0.25) is 0 Å². The van der Waals surface area contributed by atoms with Crippen molar-refractivity contribution in [3.63, 3.8) is 0 Å². The Labute approximate surface area is 105 Å². The molecule has 0 nitrogen and oxygen atoms in total. The first-order valence-corrected chi connectivity index (χ1v) is 6.77. The Hall–Kier alpha value is -0.490. The molecule has 0 amide bonds. The second-order valence-electron chi connectivity index (χ2n) is 4.72. The van der Waals surface area contributed by atoms with Crippen LogP contribution in [0.1, 0.15) is 49.3 Å². The maximum Gasteiger partial charge on any atom is 0.0376 e. The van der Waals surface area contributed by atoms with E-state index >= 15 is 0 Å². The maximum absolute atomic E-state index is 6.34. The van der Waals surface area contributed by atoms with Gasteiger partial charge in [-0.1, -0.05) is 44.4 Å². The average Bonchev–Trinajstić information content (AvgIpc) is 2.24. The van der Waals surface area contributed by atoms with Crippen molar-refractivity contribution in [3.05, 3.63) is 34.9 Å². The van der Waals surface area contributed by atoms with E-state index in [-0.39, 0.29) is 0 Å². The minimum absolute atomic E-state index is 0.300. The maximum atomic E-state index is 6.34. The van der Waals surface area contributed by atoms with E-state index in [1.165, 1.54) is 36.0 Å². The summed E-state index contributed by atoms with van der Waals surface area (Å²) in [5.74, 6) is 0. The van der Waals surface area contributed by atoms with Crippen molar-refractivity contribution < 1.29 is 0 Å². The van der Waals surface area contributed by atoms with Crippen LogP contribution in [-0.4, -0.2) is 5.38 Å². The Morgan fingerprint density at radius 2 is 1.88 bits per heavy atom. The lowest BCUT2D eigenvalue weighted by Gasteiger charge is -2.10. The van der Waals surface area contributed by atoms with Crippen LogP contribution in [-0.2, 0) is 6.42 Å². The van der Waals surface area contributed by atoms with E-state index in [1.54, 1.807) is 0 Å². The molecular formula is C15H23Cl. The molecule has 0 saturated heterocycles. The van der Waals surface area contributed by atoms with Crippen LogP contribution < -0.4 is 0 Å². The first-order chi connectivity index (χ1) is 7.63. The third kappa shape index (κ3) is 4.57. The van der Waals surface area contributed by atoms with Gasteiger partial charge in [-0.25, -0.2) is 0 Å². The smallest absolute Gasteiger partial charge is 0.0376 e. The molecule has 0 N–H and O–H groups in total. The lowest BCUT2D eigenvalue weighted by Crippen LogP contribution is -2.03. The van der Waals surface area contributed by atoms with Crippen LogP contribution >= 0.6 is 11.6 Å². The van der Waals surface area contributed by atoms with Crippen molar-refractivity contribution in [1.29, 1.82) is 0 Å². The highest BCUT2D eigenvalue weighted by molar-refractivity contribution is 6.20. The molecule has 0 radical (unpaired) electrons. The van der Waals surface area contributed by atoms with Gasteiger partial charge in [-0.2, -0.15) is 0 Å². The Balaban J connectivity index is 2.43. The standard InChI is InChI=1S/C15H23Cl/c1-4-5-6-7-15(16)11-14-9-8-12(2)13(3)10-14/h8-10,15H,4-7,11H2,1-3H3. The summed E-state index contributed by atoms with van der Waals surface area (Å²) in [7, 11) is 0. The van der Waals surface area contributed by atoms with Gasteiger partial charge < -0.3 is 0 Å². The van der Waals surface area contributed by atoms with E-state index in [2.05, 4.69) is 39.0 Å². The normalized spacial score (nSPS) is 12.8. The van der Waals surface area contributed by atoms with Gasteiger partial charge in [-0.3, -0.25) is 0 Å². The summed E-state index contributed by atoms with van der Waals surface area (Å²) in [6, 6.07) is 6.67. The molecule has 0 saturated carbocycles. The molecule has 1 aromatic carbocycles. The van der Waals surface area contributed by atoms with Gasteiger partial charge in [0.05, 0.1) is 0 Å². The minimum Gasteiger partial charge on any atom is -0.123 e. The lowest BCUT2D eigenvalue weighted by molar-refractivity contribution is 0.638. The van der Waals surface area contributed by atoms with Crippen LogP contribution in [0.3, 0.4) is 0 Å². The number of halogens is 1. The Morgan fingerprint density at radius 1 is 1.12 bits per heavy atom. The SMILES string of the molecule is CCCCCC(Cl)Cc1ccc(C)c(C)c1. The summed E-state index contributed by atoms with van der Waals surface area (Å²) in [6.45, 7) is 6.55. The van der Waals surface area contributed by atoms with E-state index in [4.69, 9.17) is 11.6 Å². The van der Waals surface area contributed by atoms with Crippen molar-refractivity contribution in [2.75, 3.05) is 0 Å². The number of unbranched alkanes of at least 4 members (excludes halogenated alkanes) is 2. The third-order valence-corrected chi connectivity index (χ3v) is 3.52. The molecule has 0 heterocycles. The van der Waals surface area contributed by atoms with Crippen molar-refractivity contribution in [3.8, 4) is 0 Å². The molecule has 0 spiro atoms. The van der Waals surface area contributed by atoms with Gasteiger partial charge in [-0.05, 0) is 43.4 Å². The molecule has 0 fully saturated rings. The molecule has 0 bridgehead atoms. The molecule has 1 heteroatoms. The number of benzene rings is 1. The highest BCUT2D eigenvalue weighted by atomic mass is 35.5. The molecule has 0 aliphatic rings. The predicted molar refractivity (Wildman–Crippen MR) is 73.4 cm³/mol. The predicted octanol–water partition coefficient (Wildman–Crippen LogP) is 5.03. The molecule has 16 heavy (non-hydrogen) atoms. The number of hydrogen-bond acceptors (Lipinski definition) is 0. The van der Waals surface area contributed by atoms with Crippen LogP contribution in [0.25, 0.3) is 0 Å². The molecule has 0 aromatic heterocycles. The van der Waals surface area contributed by atoms with Crippen LogP contribution in [0.5, 0.6) is 0 Å². The Morgan fingerprint density at radius 3 is 2.50 bits per heavy atom. The van der Waals surface area contributed by atoms with Crippen molar-refractivity contribution in [2.45, 2.75) is 58.3 Å². The summed E-state index contributed by atoms with van der Waals surface area (Å²) >= 11 is 6.34. The van der Waals surface area contributed by atoms with Gasteiger partial charge in [-0.15, -0.1) is 11.6 Å². The molecule has 1 atom stereocenters. The van der Waals surface area contributed by atoms with Gasteiger partial charge in [0, 0.05) is 5.38 Å². The van der Waals surface area contributed by atoms with E-state index in [9.17, 15) is 0 Å². The fourth-order valence-corrected chi connectivity index (χ4v) is 2.24. The number of alkyl halides is 1. The lowest BCUT2D eigenvalue weighted by atomic mass is 10.0. The first kappa shape index (κ1) is 13.6. The van der Waals surface area contributed by atoms with Crippen LogP contribution in [0.2, 0.25) is 0 Å². The van der Waals surface area contributed by atoms with E-state index in [0.717, 1.165) is 12.8 Å². The monoisotopic (exact) mass is 238 g/mol. The summed E-state index contributed by atoms with van der Waals surface area (Å²) in [5.41, 5.74) is 4.11. The van der Waals surface area contributed by atoms with E-state index in [0.29, 0.717) is 5.38 Å². The number of hydrogen-bond donors (Lipinski definition) is 0. The van der Waals surface area contributed by atoms with Crippen LogP contribution in [0, 0.1) is 13.8 Å². The van der Waals surface area contributed by atoms with Crippen molar-refractivity contribution in [1.82, 2.24) is 0 Å². The topological polar surface area (TPSA) is 0 Å². The molecule has 1 unspecified atom stereocenters. The Kier molecular flexibility index (Phi) is 5.90. The molecule has 90 valence electrons. The summed E-state index contributed by atoms with van der Waals surface area (Å²) in [5, 5.41) is 0.300. The minimum atomic E-state index is 0.300. The second kappa shape index (κ2) is 6.96. The first-order valence-electron chi connectivity index (χ1n) is 6.33. The third-order valence-electron chi connectivity index (χ3n) is 3.15. The van der Waals surface area contributed by atoms with E-state index in [1.807, 2.05) is 0 Å². The van der Waals surface area contributed by atoms with Gasteiger partial charge >= 0.3 is 0 Å². The molecule has 1 aromatic rings. The quantitative estimate of drug-likeness (QED) is 0.482.